The molecule has 7 heteroatoms. The van der Waals surface area contributed by atoms with Gasteiger partial charge in [-0.3, -0.25) is 4.79 Å². The molecule has 2 rings (SSSR count). The first kappa shape index (κ1) is 18.4. The van der Waals surface area contributed by atoms with Crippen LogP contribution in [0.5, 0.6) is 17.2 Å². The smallest absolute Gasteiger partial charge is 0.387 e. The summed E-state index contributed by atoms with van der Waals surface area (Å²) in [5.41, 5.74) is 0.792. The number of methoxy groups -OCH3 is 2. The minimum atomic E-state index is -3.04. The molecule has 0 aliphatic rings. The summed E-state index contributed by atoms with van der Waals surface area (Å²) in [6.07, 6.45) is 2.73. The lowest BCUT2D eigenvalue weighted by atomic mass is 10.1. The van der Waals surface area contributed by atoms with Crippen LogP contribution >= 0.6 is 0 Å². The molecule has 2 aromatic rings. The summed E-state index contributed by atoms with van der Waals surface area (Å²) >= 11 is 0. The number of rotatable bonds is 7. The van der Waals surface area contributed by atoms with Crippen molar-refractivity contribution in [3.05, 3.63) is 59.4 Å². The van der Waals surface area contributed by atoms with Gasteiger partial charge in [-0.1, -0.05) is 6.08 Å². The zero-order valence-electron chi connectivity index (χ0n) is 13.5. The van der Waals surface area contributed by atoms with Crippen molar-refractivity contribution in [1.29, 1.82) is 0 Å². The summed E-state index contributed by atoms with van der Waals surface area (Å²) in [7, 11) is 2.59. The highest BCUT2D eigenvalue weighted by Gasteiger charge is 2.17. The molecule has 0 amide bonds. The third-order valence-electron chi connectivity index (χ3n) is 3.25. The molecular weight excluding hydrogens is 337 g/mol. The van der Waals surface area contributed by atoms with Crippen LogP contribution in [-0.4, -0.2) is 26.6 Å². The molecule has 0 aliphatic heterocycles. The van der Waals surface area contributed by atoms with Crippen LogP contribution in [0.25, 0.3) is 6.08 Å². The van der Waals surface area contributed by atoms with Gasteiger partial charge in [0, 0.05) is 5.56 Å². The molecule has 0 saturated carbocycles. The maximum atomic E-state index is 12.9. The number of benzene rings is 2. The van der Waals surface area contributed by atoms with Crippen LogP contribution in [-0.2, 0) is 0 Å². The second-order valence-corrected chi connectivity index (χ2v) is 4.84. The minimum absolute atomic E-state index is 0.0357. The Bertz CT molecular complexity index is 745. The van der Waals surface area contributed by atoms with E-state index in [1.54, 1.807) is 0 Å². The molecule has 0 saturated heterocycles. The van der Waals surface area contributed by atoms with E-state index in [4.69, 9.17) is 9.47 Å². The van der Waals surface area contributed by atoms with E-state index in [1.807, 2.05) is 0 Å². The molecular formula is C18H15F3O4. The highest BCUT2D eigenvalue weighted by atomic mass is 19.3. The van der Waals surface area contributed by atoms with Gasteiger partial charge < -0.3 is 14.2 Å². The van der Waals surface area contributed by atoms with Gasteiger partial charge >= 0.3 is 6.61 Å². The second-order valence-electron chi connectivity index (χ2n) is 4.84. The molecule has 25 heavy (non-hydrogen) atoms. The molecule has 0 aromatic heterocycles. The number of hydrogen-bond acceptors (Lipinski definition) is 4. The lowest BCUT2D eigenvalue weighted by Gasteiger charge is -2.14. The SMILES string of the molecule is COc1cc(/C=C/C(=O)c2ccc(F)cc2)cc(OC)c1OC(F)F. The van der Waals surface area contributed by atoms with Gasteiger partial charge in [0.15, 0.2) is 17.3 Å². The Morgan fingerprint density at radius 2 is 1.60 bits per heavy atom. The van der Waals surface area contributed by atoms with Gasteiger partial charge in [0.05, 0.1) is 14.2 Å². The van der Waals surface area contributed by atoms with Crippen LogP contribution in [0, 0.1) is 5.82 Å². The van der Waals surface area contributed by atoms with E-state index >= 15 is 0 Å². The number of ether oxygens (including phenoxy) is 3. The van der Waals surface area contributed by atoms with Crippen LogP contribution < -0.4 is 14.2 Å². The molecule has 0 unspecified atom stereocenters. The van der Waals surface area contributed by atoms with Crippen molar-refractivity contribution in [2.45, 2.75) is 6.61 Å². The van der Waals surface area contributed by atoms with Gasteiger partial charge in [0.25, 0.3) is 0 Å². The third-order valence-corrected chi connectivity index (χ3v) is 3.25. The average Bonchev–Trinajstić information content (AvgIpc) is 2.60. The van der Waals surface area contributed by atoms with E-state index in [0.717, 1.165) is 0 Å². The van der Waals surface area contributed by atoms with Crippen LogP contribution in [0.2, 0.25) is 0 Å². The van der Waals surface area contributed by atoms with Gasteiger partial charge in [0.2, 0.25) is 5.75 Å². The summed E-state index contributed by atoms with van der Waals surface area (Å²) in [6.45, 7) is -3.04. The van der Waals surface area contributed by atoms with Crippen molar-refractivity contribution in [1.82, 2.24) is 0 Å². The maximum Gasteiger partial charge on any atom is 0.387 e. The number of allylic oxidation sites excluding steroid dienone is 1. The van der Waals surface area contributed by atoms with Crippen molar-refractivity contribution < 1.29 is 32.2 Å². The van der Waals surface area contributed by atoms with Crippen LogP contribution in [0.1, 0.15) is 15.9 Å². The molecule has 0 aliphatic carbocycles. The lowest BCUT2D eigenvalue weighted by molar-refractivity contribution is -0.0526. The summed E-state index contributed by atoms with van der Waals surface area (Å²) in [4.78, 5) is 12.1. The Balaban J connectivity index is 2.29. The topological polar surface area (TPSA) is 44.8 Å². The molecule has 0 bridgehead atoms. The summed E-state index contributed by atoms with van der Waals surface area (Å²) in [5, 5.41) is 0. The molecule has 0 N–H and O–H groups in total. The standard InChI is InChI=1S/C18H15F3O4/c1-23-15-9-11(10-16(24-2)17(15)25-18(20)21)3-8-14(22)12-4-6-13(19)7-5-12/h3-10,18H,1-2H3/b8-3+. The van der Waals surface area contributed by atoms with Crippen molar-refractivity contribution in [2.24, 2.45) is 0 Å². The first-order valence-corrected chi connectivity index (χ1v) is 7.13. The van der Waals surface area contributed by atoms with E-state index in [1.165, 1.54) is 62.8 Å². The Morgan fingerprint density at radius 1 is 1.04 bits per heavy atom. The van der Waals surface area contributed by atoms with Gasteiger partial charge in [-0.05, 0) is 48.0 Å². The second kappa shape index (κ2) is 8.23. The number of hydrogen-bond donors (Lipinski definition) is 0. The fraction of sp³-hybridized carbons (Fsp3) is 0.167. The quantitative estimate of drug-likeness (QED) is 0.549. The largest absolute Gasteiger partial charge is 0.493 e. The Kier molecular flexibility index (Phi) is 6.05. The lowest BCUT2D eigenvalue weighted by Crippen LogP contribution is -2.05. The van der Waals surface area contributed by atoms with E-state index in [0.29, 0.717) is 11.1 Å². The first-order chi connectivity index (χ1) is 11.9. The molecule has 0 heterocycles. The Labute approximate surface area is 142 Å². The summed E-state index contributed by atoms with van der Waals surface area (Å²) in [6, 6.07) is 7.95. The highest BCUT2D eigenvalue weighted by Crippen LogP contribution is 2.39. The van der Waals surface area contributed by atoms with Gasteiger partial charge in [-0.15, -0.1) is 0 Å². The maximum absolute atomic E-state index is 12.9. The van der Waals surface area contributed by atoms with E-state index < -0.39 is 12.4 Å². The molecule has 4 nitrogen and oxygen atoms in total. The Hall–Kier alpha value is -2.96. The molecule has 2 aromatic carbocycles. The zero-order valence-corrected chi connectivity index (χ0v) is 13.5. The first-order valence-electron chi connectivity index (χ1n) is 7.13. The fourth-order valence-electron chi connectivity index (χ4n) is 2.08. The molecule has 0 spiro atoms. The number of halogens is 3. The van der Waals surface area contributed by atoms with Crippen LogP contribution in [0.3, 0.4) is 0 Å². The van der Waals surface area contributed by atoms with E-state index in [9.17, 15) is 18.0 Å². The van der Waals surface area contributed by atoms with Gasteiger partial charge in [0.1, 0.15) is 5.82 Å². The van der Waals surface area contributed by atoms with Crippen molar-refractivity contribution >= 4 is 11.9 Å². The van der Waals surface area contributed by atoms with E-state index in [2.05, 4.69) is 4.74 Å². The molecule has 0 radical (unpaired) electrons. The summed E-state index contributed by atoms with van der Waals surface area (Å²) in [5.74, 6) is -0.945. The van der Waals surface area contributed by atoms with E-state index in [-0.39, 0.29) is 23.0 Å². The van der Waals surface area contributed by atoms with Gasteiger partial charge in [-0.2, -0.15) is 8.78 Å². The third kappa shape index (κ3) is 4.76. The Morgan fingerprint density at radius 3 is 2.08 bits per heavy atom. The normalized spacial score (nSPS) is 11.0. The monoisotopic (exact) mass is 352 g/mol. The number of carbonyl (C=O) groups excluding carboxylic acids is 1. The van der Waals surface area contributed by atoms with Crippen molar-refractivity contribution in [2.75, 3.05) is 14.2 Å². The number of ketones is 1. The zero-order chi connectivity index (χ0) is 18.4. The van der Waals surface area contributed by atoms with Crippen LogP contribution in [0.4, 0.5) is 13.2 Å². The average molecular weight is 352 g/mol. The van der Waals surface area contributed by atoms with Crippen LogP contribution in [0.15, 0.2) is 42.5 Å². The van der Waals surface area contributed by atoms with Gasteiger partial charge in [-0.25, -0.2) is 4.39 Å². The number of carbonyl (C=O) groups is 1. The molecule has 0 atom stereocenters. The summed E-state index contributed by atoms with van der Waals surface area (Å²) < 4.78 is 52.4. The minimum Gasteiger partial charge on any atom is -0.493 e. The van der Waals surface area contributed by atoms with Crippen molar-refractivity contribution in [3.63, 3.8) is 0 Å². The number of alkyl halides is 2. The highest BCUT2D eigenvalue weighted by molar-refractivity contribution is 6.06. The fourth-order valence-corrected chi connectivity index (χ4v) is 2.08. The van der Waals surface area contributed by atoms with Crippen molar-refractivity contribution in [3.8, 4) is 17.2 Å². The molecule has 0 fully saturated rings. The predicted octanol–water partition coefficient (Wildman–Crippen LogP) is 4.34. The molecule has 132 valence electrons. The predicted molar refractivity (Wildman–Crippen MR) is 85.9 cm³/mol.